The van der Waals surface area contributed by atoms with E-state index in [0.29, 0.717) is 11.5 Å². The second-order valence-electron chi connectivity index (χ2n) is 5.43. The summed E-state index contributed by atoms with van der Waals surface area (Å²) in [7, 11) is 0. The van der Waals surface area contributed by atoms with Gasteiger partial charge in [0.15, 0.2) is 5.84 Å². The van der Waals surface area contributed by atoms with Gasteiger partial charge in [-0.1, -0.05) is 24.6 Å². The molecule has 0 aromatic heterocycles. The Labute approximate surface area is 130 Å². The van der Waals surface area contributed by atoms with E-state index in [0.717, 1.165) is 23.5 Å². The Balaban J connectivity index is 2.30. The summed E-state index contributed by atoms with van der Waals surface area (Å²) in [5.41, 5.74) is 6.55. The number of rotatable bonds is 5. The van der Waals surface area contributed by atoms with Gasteiger partial charge in [0.2, 0.25) is 0 Å². The largest absolute Gasteiger partial charge is 0.489 e. The number of hydrogen-bond acceptors (Lipinski definition) is 4. The van der Waals surface area contributed by atoms with Crippen molar-refractivity contribution in [2.75, 3.05) is 6.26 Å². The molecule has 0 bridgehead atoms. The van der Waals surface area contributed by atoms with Crippen LogP contribution < -0.4 is 10.5 Å². The van der Waals surface area contributed by atoms with Crippen LogP contribution in [0.15, 0.2) is 28.3 Å². The Morgan fingerprint density at radius 1 is 1.43 bits per heavy atom. The molecule has 1 saturated carbocycles. The van der Waals surface area contributed by atoms with E-state index in [9.17, 15) is 0 Å². The van der Waals surface area contributed by atoms with Gasteiger partial charge in [0.25, 0.3) is 0 Å². The van der Waals surface area contributed by atoms with Crippen molar-refractivity contribution < 1.29 is 9.94 Å². The van der Waals surface area contributed by atoms with Gasteiger partial charge >= 0.3 is 0 Å². The SMILES string of the molecule is CCC1CCCCC1Oc1cccc(SC)c1/C(N)=N/O. The van der Waals surface area contributed by atoms with Crippen LogP contribution in [0, 0.1) is 5.92 Å². The highest BCUT2D eigenvalue weighted by Crippen LogP contribution is 2.34. The van der Waals surface area contributed by atoms with E-state index in [2.05, 4.69) is 12.1 Å². The number of hydrogen-bond donors (Lipinski definition) is 2. The molecule has 1 fully saturated rings. The third-order valence-corrected chi connectivity index (χ3v) is 4.99. The van der Waals surface area contributed by atoms with Crippen LogP contribution in [0.5, 0.6) is 5.75 Å². The van der Waals surface area contributed by atoms with Crippen LogP contribution in [-0.4, -0.2) is 23.4 Å². The summed E-state index contributed by atoms with van der Waals surface area (Å²) in [6.07, 6.45) is 8.14. The van der Waals surface area contributed by atoms with Crippen LogP contribution in [0.2, 0.25) is 0 Å². The van der Waals surface area contributed by atoms with Crippen molar-refractivity contribution in [1.29, 1.82) is 0 Å². The summed E-state index contributed by atoms with van der Waals surface area (Å²) in [5, 5.41) is 12.2. The predicted molar refractivity (Wildman–Crippen MR) is 87.4 cm³/mol. The lowest BCUT2D eigenvalue weighted by Gasteiger charge is -2.32. The van der Waals surface area contributed by atoms with Crippen molar-refractivity contribution in [3.05, 3.63) is 23.8 Å². The fraction of sp³-hybridized carbons (Fsp3) is 0.562. The van der Waals surface area contributed by atoms with Crippen LogP contribution in [0.4, 0.5) is 0 Å². The second kappa shape index (κ2) is 7.59. The summed E-state index contributed by atoms with van der Waals surface area (Å²) in [5.74, 6) is 1.43. The van der Waals surface area contributed by atoms with E-state index in [1.54, 1.807) is 11.8 Å². The summed E-state index contributed by atoms with van der Waals surface area (Å²) < 4.78 is 6.27. The number of thioether (sulfide) groups is 1. The second-order valence-corrected chi connectivity index (χ2v) is 6.28. The summed E-state index contributed by atoms with van der Waals surface area (Å²) in [6.45, 7) is 2.22. The minimum Gasteiger partial charge on any atom is -0.489 e. The molecular weight excluding hydrogens is 284 g/mol. The average molecular weight is 308 g/mol. The van der Waals surface area contributed by atoms with Crippen molar-refractivity contribution >= 4 is 17.6 Å². The van der Waals surface area contributed by atoms with E-state index in [1.807, 2.05) is 24.5 Å². The first-order valence-electron chi connectivity index (χ1n) is 7.52. The van der Waals surface area contributed by atoms with Gasteiger partial charge in [0.05, 0.1) is 5.56 Å². The highest BCUT2D eigenvalue weighted by molar-refractivity contribution is 7.98. The number of nitrogens with two attached hydrogens (primary N) is 1. The first-order chi connectivity index (χ1) is 10.2. The van der Waals surface area contributed by atoms with Gasteiger partial charge in [-0.05, 0) is 50.0 Å². The molecule has 0 amide bonds. The monoisotopic (exact) mass is 308 g/mol. The molecular formula is C16H24N2O2S. The molecule has 0 heterocycles. The molecule has 4 nitrogen and oxygen atoms in total. The summed E-state index contributed by atoms with van der Waals surface area (Å²) in [4.78, 5) is 0.964. The van der Waals surface area contributed by atoms with Gasteiger partial charge in [-0.3, -0.25) is 0 Å². The molecule has 1 aromatic carbocycles. The van der Waals surface area contributed by atoms with Crippen molar-refractivity contribution in [2.45, 2.75) is 50.0 Å². The Bertz CT molecular complexity index is 505. The summed E-state index contributed by atoms with van der Waals surface area (Å²) in [6, 6.07) is 5.83. The van der Waals surface area contributed by atoms with E-state index in [-0.39, 0.29) is 11.9 Å². The molecule has 2 unspecified atom stereocenters. The molecule has 3 N–H and O–H groups in total. The highest BCUT2D eigenvalue weighted by Gasteiger charge is 2.26. The first kappa shape index (κ1) is 16.0. The smallest absolute Gasteiger partial charge is 0.174 e. The zero-order chi connectivity index (χ0) is 15.2. The molecule has 1 aliphatic carbocycles. The Kier molecular flexibility index (Phi) is 5.79. The molecule has 2 atom stereocenters. The van der Waals surface area contributed by atoms with E-state index < -0.39 is 0 Å². The lowest BCUT2D eigenvalue weighted by molar-refractivity contribution is 0.0899. The zero-order valence-corrected chi connectivity index (χ0v) is 13.5. The molecule has 0 spiro atoms. The fourth-order valence-corrected chi connectivity index (χ4v) is 3.66. The van der Waals surface area contributed by atoms with Gasteiger partial charge in [-0.2, -0.15) is 0 Å². The van der Waals surface area contributed by atoms with E-state index in [4.69, 9.17) is 15.7 Å². The standard InChI is InChI=1S/C16H24N2O2S/c1-3-11-7-4-5-8-12(11)20-13-9-6-10-14(21-2)15(13)16(17)18-19/h6,9-12,19H,3-5,7-8H2,1-2H3,(H2,17,18). The minimum absolute atomic E-state index is 0.110. The number of ether oxygens (including phenoxy) is 1. The molecule has 1 aromatic rings. The van der Waals surface area contributed by atoms with Gasteiger partial charge in [0.1, 0.15) is 11.9 Å². The van der Waals surface area contributed by atoms with Crippen LogP contribution in [0.25, 0.3) is 0 Å². The third-order valence-electron chi connectivity index (χ3n) is 4.21. The maximum absolute atomic E-state index is 9.03. The first-order valence-corrected chi connectivity index (χ1v) is 8.75. The van der Waals surface area contributed by atoms with Crippen LogP contribution in [0.1, 0.15) is 44.6 Å². The Hall–Kier alpha value is -1.36. The van der Waals surface area contributed by atoms with E-state index >= 15 is 0 Å². The van der Waals surface area contributed by atoms with Crippen molar-refractivity contribution in [2.24, 2.45) is 16.8 Å². The highest BCUT2D eigenvalue weighted by atomic mass is 32.2. The lowest BCUT2D eigenvalue weighted by atomic mass is 9.84. The number of benzene rings is 1. The van der Waals surface area contributed by atoms with Crippen LogP contribution >= 0.6 is 11.8 Å². The predicted octanol–water partition coefficient (Wildman–Crippen LogP) is 3.85. The van der Waals surface area contributed by atoms with Crippen molar-refractivity contribution in [1.82, 2.24) is 0 Å². The quantitative estimate of drug-likeness (QED) is 0.285. The van der Waals surface area contributed by atoms with Crippen molar-refractivity contribution in [3.8, 4) is 5.75 Å². The third kappa shape index (κ3) is 3.64. The molecule has 21 heavy (non-hydrogen) atoms. The Morgan fingerprint density at radius 3 is 2.86 bits per heavy atom. The van der Waals surface area contributed by atoms with Crippen LogP contribution in [0.3, 0.4) is 0 Å². The number of amidine groups is 1. The number of oxime groups is 1. The molecule has 116 valence electrons. The van der Waals surface area contributed by atoms with Gasteiger partial charge in [0, 0.05) is 4.90 Å². The van der Waals surface area contributed by atoms with Gasteiger partial charge in [-0.15, -0.1) is 11.8 Å². The maximum Gasteiger partial charge on any atom is 0.174 e. The van der Waals surface area contributed by atoms with Crippen molar-refractivity contribution in [3.63, 3.8) is 0 Å². The molecule has 5 heteroatoms. The zero-order valence-electron chi connectivity index (χ0n) is 12.7. The number of nitrogens with zero attached hydrogens (tertiary/aromatic N) is 1. The normalized spacial score (nSPS) is 23.0. The molecule has 2 rings (SSSR count). The Morgan fingerprint density at radius 2 is 2.19 bits per heavy atom. The molecule has 1 aliphatic rings. The average Bonchev–Trinajstić information content (AvgIpc) is 2.54. The topological polar surface area (TPSA) is 67.8 Å². The molecule has 0 radical (unpaired) electrons. The fourth-order valence-electron chi connectivity index (χ4n) is 3.04. The molecule has 0 aliphatic heterocycles. The van der Waals surface area contributed by atoms with Crippen LogP contribution in [-0.2, 0) is 0 Å². The van der Waals surface area contributed by atoms with Gasteiger partial charge < -0.3 is 15.7 Å². The van der Waals surface area contributed by atoms with Gasteiger partial charge in [-0.25, -0.2) is 0 Å². The minimum atomic E-state index is 0.110. The van der Waals surface area contributed by atoms with E-state index in [1.165, 1.54) is 19.3 Å². The lowest BCUT2D eigenvalue weighted by Crippen LogP contribution is -2.31. The summed E-state index contributed by atoms with van der Waals surface area (Å²) >= 11 is 1.57. The molecule has 0 saturated heterocycles. The maximum atomic E-state index is 9.03.